The third kappa shape index (κ3) is 5.39. The lowest BCUT2D eigenvalue weighted by Crippen LogP contribution is -2.04. The van der Waals surface area contributed by atoms with Gasteiger partial charge < -0.3 is 9.26 Å². The summed E-state index contributed by atoms with van der Waals surface area (Å²) in [5.74, 6) is 3.00. The van der Waals surface area contributed by atoms with Crippen molar-refractivity contribution in [1.29, 1.82) is 0 Å². The van der Waals surface area contributed by atoms with Crippen LogP contribution in [0.4, 0.5) is 0 Å². The van der Waals surface area contributed by atoms with Gasteiger partial charge in [0.05, 0.1) is 18.4 Å². The summed E-state index contributed by atoms with van der Waals surface area (Å²) >= 11 is 7.62. The molecule has 0 fully saturated rings. The Labute approximate surface area is 212 Å². The number of ether oxygens (including phenoxy) is 1. The molecule has 0 saturated heterocycles. The fraction of sp³-hybridized carbons (Fsp3) is 0.154. The number of aromatic nitrogens is 5. The van der Waals surface area contributed by atoms with Crippen molar-refractivity contribution in [3.05, 3.63) is 101 Å². The molecule has 0 atom stereocenters. The number of benzene rings is 3. The lowest BCUT2D eigenvalue weighted by molar-refractivity contribution is 0.390. The molecule has 0 N–H and O–H groups in total. The van der Waals surface area contributed by atoms with Crippen LogP contribution in [0.25, 0.3) is 17.1 Å². The first-order valence-electron chi connectivity index (χ1n) is 11.0. The monoisotopic (exact) mass is 503 g/mol. The zero-order valence-corrected chi connectivity index (χ0v) is 20.5. The minimum atomic E-state index is 0.451. The maximum absolute atomic E-state index is 6.13. The van der Waals surface area contributed by atoms with Gasteiger partial charge in [-0.2, -0.15) is 4.98 Å². The number of nitrogens with zero attached hydrogens (tertiary/aromatic N) is 5. The number of methoxy groups -OCH3 is 1. The summed E-state index contributed by atoms with van der Waals surface area (Å²) in [6, 6.07) is 25.6. The van der Waals surface area contributed by atoms with E-state index in [4.69, 9.17) is 20.9 Å². The number of hydrogen-bond acceptors (Lipinski definition) is 7. The molecule has 176 valence electrons. The van der Waals surface area contributed by atoms with Crippen molar-refractivity contribution in [1.82, 2.24) is 24.9 Å². The summed E-state index contributed by atoms with van der Waals surface area (Å²) < 4.78 is 13.0. The molecule has 0 bridgehead atoms. The van der Waals surface area contributed by atoms with Crippen LogP contribution in [0.1, 0.15) is 17.3 Å². The Kier molecular flexibility index (Phi) is 7.11. The lowest BCUT2D eigenvalue weighted by Gasteiger charge is -2.10. The molecule has 0 saturated carbocycles. The van der Waals surface area contributed by atoms with E-state index >= 15 is 0 Å². The van der Waals surface area contributed by atoms with Gasteiger partial charge in [0.15, 0.2) is 5.16 Å². The molecular formula is C26H22ClN5O2S. The summed E-state index contributed by atoms with van der Waals surface area (Å²) in [4.78, 5) is 4.55. The topological polar surface area (TPSA) is 78.9 Å². The van der Waals surface area contributed by atoms with Crippen LogP contribution in [-0.4, -0.2) is 32.0 Å². The molecule has 5 rings (SSSR count). The predicted molar refractivity (Wildman–Crippen MR) is 136 cm³/mol. The van der Waals surface area contributed by atoms with Crippen molar-refractivity contribution in [3.63, 3.8) is 0 Å². The number of aryl methyl sites for hydroxylation is 2. The van der Waals surface area contributed by atoms with Crippen molar-refractivity contribution in [2.24, 2.45) is 0 Å². The van der Waals surface area contributed by atoms with Gasteiger partial charge in [0.1, 0.15) is 11.6 Å². The second-order valence-electron chi connectivity index (χ2n) is 7.70. The first-order chi connectivity index (χ1) is 17.2. The van der Waals surface area contributed by atoms with Gasteiger partial charge in [-0.1, -0.05) is 71.0 Å². The fourth-order valence-corrected chi connectivity index (χ4v) is 4.62. The number of hydrogen-bond donors (Lipinski definition) is 0. The Morgan fingerprint density at radius 1 is 0.914 bits per heavy atom. The van der Waals surface area contributed by atoms with E-state index in [1.54, 1.807) is 7.11 Å². The largest absolute Gasteiger partial charge is 0.496 e. The second-order valence-corrected chi connectivity index (χ2v) is 9.08. The zero-order valence-electron chi connectivity index (χ0n) is 19.0. The molecule has 9 heteroatoms. The van der Waals surface area contributed by atoms with E-state index in [1.165, 1.54) is 17.3 Å². The van der Waals surface area contributed by atoms with E-state index in [-0.39, 0.29) is 0 Å². The normalized spacial score (nSPS) is 11.0. The average molecular weight is 504 g/mol. The van der Waals surface area contributed by atoms with E-state index in [0.717, 1.165) is 35.1 Å². The molecule has 7 nitrogen and oxygen atoms in total. The molecule has 35 heavy (non-hydrogen) atoms. The van der Waals surface area contributed by atoms with Crippen molar-refractivity contribution in [2.45, 2.75) is 23.8 Å². The Hall–Kier alpha value is -3.62. The van der Waals surface area contributed by atoms with Gasteiger partial charge in [0.2, 0.25) is 11.7 Å². The predicted octanol–water partition coefficient (Wildman–Crippen LogP) is 6.06. The van der Waals surface area contributed by atoms with Gasteiger partial charge in [0.25, 0.3) is 0 Å². The molecule has 0 amide bonds. The number of rotatable bonds is 9. The van der Waals surface area contributed by atoms with Crippen molar-refractivity contribution in [2.75, 3.05) is 7.11 Å². The van der Waals surface area contributed by atoms with Gasteiger partial charge in [-0.25, -0.2) is 0 Å². The van der Waals surface area contributed by atoms with E-state index < -0.39 is 0 Å². The van der Waals surface area contributed by atoms with Crippen LogP contribution >= 0.6 is 23.4 Å². The highest BCUT2D eigenvalue weighted by atomic mass is 35.5. The highest BCUT2D eigenvalue weighted by Crippen LogP contribution is 2.30. The number of para-hydroxylation sites is 1. The first-order valence-corrected chi connectivity index (χ1v) is 12.4. The standard InChI is InChI=1S/C26H22ClN5O2S/c1-33-22-10-6-5-9-21(22)25-28-24(34-31-25)17-35-26-30-29-23(16-11-18-7-3-2-4-8-18)32(26)20-14-12-19(27)13-15-20/h2-10,12-15H,11,16-17H2,1H3. The van der Waals surface area contributed by atoms with Crippen LogP contribution in [0.5, 0.6) is 5.75 Å². The average Bonchev–Trinajstić information content (AvgIpc) is 3.54. The van der Waals surface area contributed by atoms with Crippen molar-refractivity contribution < 1.29 is 9.26 Å². The minimum absolute atomic E-state index is 0.451. The molecule has 3 aromatic carbocycles. The highest BCUT2D eigenvalue weighted by Gasteiger charge is 2.18. The van der Waals surface area contributed by atoms with E-state index in [9.17, 15) is 0 Å². The Balaban J connectivity index is 1.37. The SMILES string of the molecule is COc1ccccc1-c1noc(CSc2nnc(CCc3ccccc3)n2-c2ccc(Cl)cc2)n1. The van der Waals surface area contributed by atoms with E-state index in [0.29, 0.717) is 28.2 Å². The fourth-order valence-electron chi connectivity index (χ4n) is 3.68. The van der Waals surface area contributed by atoms with Crippen molar-refractivity contribution in [3.8, 4) is 22.8 Å². The molecule has 2 aromatic heterocycles. The third-order valence-electron chi connectivity index (χ3n) is 5.41. The highest BCUT2D eigenvalue weighted by molar-refractivity contribution is 7.98. The van der Waals surface area contributed by atoms with Crippen LogP contribution in [0.2, 0.25) is 5.02 Å². The Morgan fingerprint density at radius 3 is 2.49 bits per heavy atom. The van der Waals surface area contributed by atoms with E-state index in [2.05, 4.69) is 37.0 Å². The van der Waals surface area contributed by atoms with Crippen LogP contribution in [0, 0.1) is 0 Å². The first kappa shape index (κ1) is 23.1. The molecule has 0 unspecified atom stereocenters. The third-order valence-corrected chi connectivity index (χ3v) is 6.57. The Morgan fingerprint density at radius 2 is 1.69 bits per heavy atom. The summed E-state index contributed by atoms with van der Waals surface area (Å²) in [5.41, 5.74) is 2.98. The van der Waals surface area contributed by atoms with E-state index in [1.807, 2.05) is 66.7 Å². The van der Waals surface area contributed by atoms with Crippen LogP contribution in [0.15, 0.2) is 88.5 Å². The van der Waals surface area contributed by atoms with Gasteiger partial charge in [0, 0.05) is 17.1 Å². The van der Waals surface area contributed by atoms with Crippen LogP contribution < -0.4 is 4.74 Å². The van der Waals surface area contributed by atoms with Gasteiger partial charge in [-0.05, 0) is 48.4 Å². The molecule has 0 aliphatic heterocycles. The van der Waals surface area contributed by atoms with Gasteiger partial charge >= 0.3 is 0 Å². The maximum Gasteiger partial charge on any atom is 0.237 e. The zero-order chi connectivity index (χ0) is 24.0. The smallest absolute Gasteiger partial charge is 0.237 e. The lowest BCUT2D eigenvalue weighted by atomic mass is 10.1. The number of thioether (sulfide) groups is 1. The van der Waals surface area contributed by atoms with Crippen molar-refractivity contribution >= 4 is 23.4 Å². The summed E-state index contributed by atoms with van der Waals surface area (Å²) in [6.45, 7) is 0. The van der Waals surface area contributed by atoms with Gasteiger partial charge in [-0.15, -0.1) is 10.2 Å². The molecule has 0 aliphatic carbocycles. The van der Waals surface area contributed by atoms with Gasteiger partial charge in [-0.3, -0.25) is 4.57 Å². The molecule has 0 spiro atoms. The van der Waals surface area contributed by atoms with Crippen LogP contribution in [-0.2, 0) is 18.6 Å². The molecular weight excluding hydrogens is 482 g/mol. The molecule has 2 heterocycles. The Bertz CT molecular complexity index is 1400. The van der Waals surface area contributed by atoms with Crippen LogP contribution in [0.3, 0.4) is 0 Å². The molecule has 5 aromatic rings. The summed E-state index contributed by atoms with van der Waals surface area (Å²) in [7, 11) is 1.62. The second kappa shape index (κ2) is 10.8. The summed E-state index contributed by atoms with van der Waals surface area (Å²) in [6.07, 6.45) is 1.61. The summed E-state index contributed by atoms with van der Waals surface area (Å²) in [5, 5.41) is 14.5. The molecule has 0 aliphatic rings. The maximum atomic E-state index is 6.13. The number of halogens is 1. The minimum Gasteiger partial charge on any atom is -0.496 e. The molecule has 0 radical (unpaired) electrons. The quantitative estimate of drug-likeness (QED) is 0.226.